The van der Waals surface area contributed by atoms with Gasteiger partial charge in [0, 0.05) is 28.3 Å². The standard InChI is InChI=1S/C26H27Cl3N2O3S/c1-5-34-22-15-21(29)23(35(4,32)33)14-20(22)24-30-25(2,16-6-10-18(27)11-7-16)26(3,31-24)17-8-12-19(28)13-9-17/h6-8,10-15,17H,5,9H2,1-4H3,(H,30,31)/t17?,25-,26+/m1/s1. The van der Waals surface area contributed by atoms with E-state index in [-0.39, 0.29) is 15.8 Å². The smallest absolute Gasteiger partial charge is 0.177 e. The summed E-state index contributed by atoms with van der Waals surface area (Å²) in [5.74, 6) is 1.01. The van der Waals surface area contributed by atoms with Crippen LogP contribution in [0.3, 0.4) is 0 Å². The van der Waals surface area contributed by atoms with Crippen molar-refractivity contribution >= 4 is 50.5 Å². The van der Waals surface area contributed by atoms with Crippen molar-refractivity contribution in [3.63, 3.8) is 0 Å². The van der Waals surface area contributed by atoms with Crippen LogP contribution in [0.15, 0.2) is 69.5 Å². The van der Waals surface area contributed by atoms with Crippen molar-refractivity contribution in [3.05, 3.63) is 80.8 Å². The molecule has 0 saturated carbocycles. The van der Waals surface area contributed by atoms with Gasteiger partial charge in [-0.05, 0) is 57.0 Å². The number of nitrogens with one attached hydrogen (secondary N) is 1. The number of allylic oxidation sites excluding steroid dienone is 3. The number of amidine groups is 1. The summed E-state index contributed by atoms with van der Waals surface area (Å²) in [7, 11) is -3.58. The zero-order valence-corrected chi connectivity index (χ0v) is 23.0. The number of nitrogens with zero attached hydrogens (tertiary/aromatic N) is 1. The van der Waals surface area contributed by atoms with E-state index < -0.39 is 20.9 Å². The number of rotatable bonds is 6. The van der Waals surface area contributed by atoms with E-state index in [0.29, 0.717) is 40.2 Å². The number of sulfone groups is 1. The van der Waals surface area contributed by atoms with Gasteiger partial charge in [-0.3, -0.25) is 4.99 Å². The van der Waals surface area contributed by atoms with Crippen molar-refractivity contribution in [1.29, 1.82) is 0 Å². The van der Waals surface area contributed by atoms with E-state index >= 15 is 0 Å². The molecule has 0 bridgehead atoms. The Morgan fingerprint density at radius 2 is 1.83 bits per heavy atom. The molecule has 0 spiro atoms. The molecule has 5 nitrogen and oxygen atoms in total. The van der Waals surface area contributed by atoms with E-state index in [2.05, 4.69) is 25.2 Å². The average molecular weight is 554 g/mol. The van der Waals surface area contributed by atoms with Gasteiger partial charge in [0.25, 0.3) is 0 Å². The highest BCUT2D eigenvalue weighted by Gasteiger charge is 2.55. The van der Waals surface area contributed by atoms with Gasteiger partial charge in [-0.1, -0.05) is 59.1 Å². The van der Waals surface area contributed by atoms with Gasteiger partial charge in [-0.15, -0.1) is 0 Å². The lowest BCUT2D eigenvalue weighted by atomic mass is 9.67. The Hall–Kier alpha value is -1.99. The summed E-state index contributed by atoms with van der Waals surface area (Å²) >= 11 is 18.7. The van der Waals surface area contributed by atoms with Crippen LogP contribution in [0, 0.1) is 5.92 Å². The molecule has 0 aromatic heterocycles. The fourth-order valence-corrected chi connectivity index (χ4v) is 6.36. The molecule has 1 aliphatic carbocycles. The summed E-state index contributed by atoms with van der Waals surface area (Å²) < 4.78 is 30.8. The van der Waals surface area contributed by atoms with Crippen LogP contribution < -0.4 is 10.1 Å². The van der Waals surface area contributed by atoms with Gasteiger partial charge in [0.05, 0.1) is 33.2 Å². The summed E-state index contributed by atoms with van der Waals surface area (Å²) in [5, 5.41) is 5.06. The normalized spacial score (nSPS) is 26.2. The van der Waals surface area contributed by atoms with Crippen molar-refractivity contribution in [2.45, 2.75) is 43.2 Å². The molecule has 1 unspecified atom stereocenters. The van der Waals surface area contributed by atoms with E-state index in [1.807, 2.05) is 43.3 Å². The molecule has 1 heterocycles. The highest BCUT2D eigenvalue weighted by atomic mass is 35.5. The molecule has 2 aliphatic rings. The molecule has 0 saturated heterocycles. The maximum Gasteiger partial charge on any atom is 0.177 e. The van der Waals surface area contributed by atoms with Crippen LogP contribution in [0.5, 0.6) is 5.75 Å². The third-order valence-corrected chi connectivity index (χ3v) is 9.01. The maximum absolute atomic E-state index is 12.5. The minimum absolute atomic E-state index is 0.0212. The summed E-state index contributed by atoms with van der Waals surface area (Å²) in [4.78, 5) is 5.24. The van der Waals surface area contributed by atoms with Crippen LogP contribution in [0.4, 0.5) is 0 Å². The molecular formula is C26H27Cl3N2O3S. The highest BCUT2D eigenvalue weighted by Crippen LogP contribution is 2.48. The topological polar surface area (TPSA) is 67.8 Å². The van der Waals surface area contributed by atoms with E-state index in [1.165, 1.54) is 6.07 Å². The van der Waals surface area contributed by atoms with Crippen LogP contribution in [-0.2, 0) is 15.4 Å². The molecule has 9 heteroatoms. The first-order chi connectivity index (χ1) is 16.4. The van der Waals surface area contributed by atoms with Crippen LogP contribution >= 0.6 is 34.8 Å². The summed E-state index contributed by atoms with van der Waals surface area (Å²) in [6.45, 7) is 6.43. The summed E-state index contributed by atoms with van der Waals surface area (Å²) in [6.07, 6.45) is 7.81. The van der Waals surface area contributed by atoms with Gasteiger partial charge in [0.1, 0.15) is 11.6 Å². The van der Waals surface area contributed by atoms with Gasteiger partial charge < -0.3 is 10.1 Å². The number of ether oxygens (including phenoxy) is 1. The summed E-state index contributed by atoms with van der Waals surface area (Å²) in [6, 6.07) is 10.7. The largest absolute Gasteiger partial charge is 0.493 e. The number of halogens is 3. The van der Waals surface area contributed by atoms with Crippen molar-refractivity contribution < 1.29 is 13.2 Å². The van der Waals surface area contributed by atoms with E-state index in [9.17, 15) is 8.42 Å². The first kappa shape index (κ1) is 26.1. The van der Waals surface area contributed by atoms with Crippen LogP contribution in [0.2, 0.25) is 10.0 Å². The molecular weight excluding hydrogens is 527 g/mol. The van der Waals surface area contributed by atoms with Crippen molar-refractivity contribution in [3.8, 4) is 5.75 Å². The Bertz CT molecular complexity index is 1350. The zero-order chi connectivity index (χ0) is 25.6. The predicted molar refractivity (Wildman–Crippen MR) is 144 cm³/mol. The van der Waals surface area contributed by atoms with Gasteiger partial charge in [0.15, 0.2) is 9.84 Å². The number of hydrogen-bond donors (Lipinski definition) is 1. The molecule has 4 rings (SSSR count). The quantitative estimate of drug-likeness (QED) is 0.442. The van der Waals surface area contributed by atoms with E-state index in [1.54, 1.807) is 6.07 Å². The molecule has 186 valence electrons. The lowest BCUT2D eigenvalue weighted by Gasteiger charge is -2.44. The SMILES string of the molecule is CCOc1cc(Cl)c(S(C)(=O)=O)cc1C1=N[C@@](C)(C2C=CC(Cl)=CC2)[C@@](C)(c2ccc(Cl)cc2)N1. The van der Waals surface area contributed by atoms with E-state index in [0.717, 1.165) is 11.8 Å². The van der Waals surface area contributed by atoms with Gasteiger partial charge in [-0.2, -0.15) is 0 Å². The van der Waals surface area contributed by atoms with Crippen molar-refractivity contribution in [1.82, 2.24) is 5.32 Å². The number of benzene rings is 2. The second-order valence-electron chi connectivity index (χ2n) is 9.14. The maximum atomic E-state index is 12.5. The third-order valence-electron chi connectivity index (χ3n) is 6.91. The average Bonchev–Trinajstić information content (AvgIpc) is 3.06. The Balaban J connectivity index is 1.92. The Kier molecular flexibility index (Phi) is 7.06. The predicted octanol–water partition coefficient (Wildman–Crippen LogP) is 6.52. The first-order valence-electron chi connectivity index (χ1n) is 11.2. The Morgan fingerprint density at radius 1 is 1.14 bits per heavy atom. The van der Waals surface area contributed by atoms with Crippen LogP contribution in [-0.4, -0.2) is 32.7 Å². The molecule has 0 radical (unpaired) electrons. The van der Waals surface area contributed by atoms with E-state index in [4.69, 9.17) is 44.5 Å². The van der Waals surface area contributed by atoms with Crippen LogP contribution in [0.1, 0.15) is 38.3 Å². The number of hydrogen-bond acceptors (Lipinski definition) is 5. The molecule has 2 aromatic carbocycles. The second-order valence-corrected chi connectivity index (χ2v) is 12.4. The highest BCUT2D eigenvalue weighted by molar-refractivity contribution is 7.90. The molecule has 0 fully saturated rings. The fraction of sp³-hybridized carbons (Fsp3) is 0.346. The fourth-order valence-electron chi connectivity index (χ4n) is 4.75. The van der Waals surface area contributed by atoms with Crippen LogP contribution in [0.25, 0.3) is 0 Å². The Morgan fingerprint density at radius 3 is 2.40 bits per heavy atom. The zero-order valence-electron chi connectivity index (χ0n) is 19.9. The van der Waals surface area contributed by atoms with Gasteiger partial charge >= 0.3 is 0 Å². The number of aliphatic imine (C=N–C) groups is 1. The Labute approximate surface area is 221 Å². The van der Waals surface area contributed by atoms with Crippen molar-refractivity contribution in [2.24, 2.45) is 10.9 Å². The molecule has 1 aliphatic heterocycles. The molecule has 0 amide bonds. The molecule has 2 aromatic rings. The molecule has 1 N–H and O–H groups in total. The third kappa shape index (κ3) is 4.74. The van der Waals surface area contributed by atoms with Gasteiger partial charge in [-0.25, -0.2) is 8.42 Å². The monoisotopic (exact) mass is 552 g/mol. The summed E-state index contributed by atoms with van der Waals surface area (Å²) in [5.41, 5.74) is 0.213. The van der Waals surface area contributed by atoms with Crippen molar-refractivity contribution in [2.75, 3.05) is 12.9 Å². The minimum atomic E-state index is -3.58. The minimum Gasteiger partial charge on any atom is -0.493 e. The lowest BCUT2D eigenvalue weighted by Crippen LogP contribution is -2.55. The van der Waals surface area contributed by atoms with Gasteiger partial charge in [0.2, 0.25) is 0 Å². The lowest BCUT2D eigenvalue weighted by molar-refractivity contribution is 0.204. The molecule has 3 atom stereocenters. The first-order valence-corrected chi connectivity index (χ1v) is 14.3. The molecule has 35 heavy (non-hydrogen) atoms. The second kappa shape index (κ2) is 9.47.